The molecular weight excluding hydrogens is 196 g/mol. The van der Waals surface area contributed by atoms with Gasteiger partial charge in [-0.15, -0.1) is 0 Å². The fourth-order valence-electron chi connectivity index (χ4n) is 2.55. The van der Waals surface area contributed by atoms with E-state index in [1.807, 2.05) is 0 Å². The first kappa shape index (κ1) is 11.6. The van der Waals surface area contributed by atoms with E-state index in [9.17, 15) is 0 Å². The normalized spacial score (nSPS) is 23.6. The van der Waals surface area contributed by atoms with E-state index in [1.54, 1.807) is 0 Å². The summed E-state index contributed by atoms with van der Waals surface area (Å²) in [7, 11) is 2.20. The third-order valence-electron chi connectivity index (χ3n) is 3.37. The Balaban J connectivity index is 2.09. The van der Waals surface area contributed by atoms with Gasteiger partial charge in [-0.25, -0.2) is 0 Å². The summed E-state index contributed by atoms with van der Waals surface area (Å²) in [6, 6.07) is 9.21. The van der Waals surface area contributed by atoms with Gasteiger partial charge >= 0.3 is 0 Å². The van der Waals surface area contributed by atoms with Crippen LogP contribution in [0.5, 0.6) is 0 Å². The third-order valence-corrected chi connectivity index (χ3v) is 3.37. The molecule has 0 saturated carbocycles. The summed E-state index contributed by atoms with van der Waals surface area (Å²) in [6.45, 7) is 4.49. The van der Waals surface area contributed by atoms with Crippen molar-refractivity contribution in [2.75, 3.05) is 20.1 Å². The minimum absolute atomic E-state index is 0.251. The highest BCUT2D eigenvalue weighted by Crippen LogP contribution is 2.26. The van der Waals surface area contributed by atoms with Gasteiger partial charge < -0.3 is 10.6 Å². The van der Waals surface area contributed by atoms with Crippen LogP contribution in [-0.4, -0.2) is 31.1 Å². The standard InChI is InChI=1S/C14H22N2/c1-11(15)8-12-4-3-5-13(9-12)14-6-7-16(2)10-14/h3-5,9,11,14H,6-8,10,15H2,1-2H3. The van der Waals surface area contributed by atoms with Crippen molar-refractivity contribution < 1.29 is 0 Å². The van der Waals surface area contributed by atoms with Crippen LogP contribution in [0.25, 0.3) is 0 Å². The number of rotatable bonds is 3. The molecule has 1 aromatic rings. The molecule has 2 nitrogen and oxygen atoms in total. The van der Waals surface area contributed by atoms with Crippen molar-refractivity contribution in [1.29, 1.82) is 0 Å². The second-order valence-electron chi connectivity index (χ2n) is 5.17. The molecule has 1 aromatic carbocycles. The van der Waals surface area contributed by atoms with Crippen LogP contribution in [0, 0.1) is 0 Å². The zero-order valence-electron chi connectivity index (χ0n) is 10.3. The largest absolute Gasteiger partial charge is 0.328 e. The fourth-order valence-corrected chi connectivity index (χ4v) is 2.55. The zero-order chi connectivity index (χ0) is 11.5. The Morgan fingerprint density at radius 3 is 2.94 bits per heavy atom. The van der Waals surface area contributed by atoms with Gasteiger partial charge in [-0.1, -0.05) is 24.3 Å². The van der Waals surface area contributed by atoms with Crippen LogP contribution < -0.4 is 5.73 Å². The molecule has 16 heavy (non-hydrogen) atoms. The van der Waals surface area contributed by atoms with Crippen molar-refractivity contribution in [3.8, 4) is 0 Å². The molecule has 1 aliphatic heterocycles. The average molecular weight is 218 g/mol. The molecule has 2 rings (SSSR count). The number of likely N-dealkylation sites (tertiary alicyclic amines) is 1. The van der Waals surface area contributed by atoms with Crippen LogP contribution in [0.15, 0.2) is 24.3 Å². The Kier molecular flexibility index (Phi) is 3.62. The van der Waals surface area contributed by atoms with Gasteiger partial charge in [0.05, 0.1) is 0 Å². The highest BCUT2D eigenvalue weighted by atomic mass is 15.1. The van der Waals surface area contributed by atoms with Crippen LogP contribution in [0.4, 0.5) is 0 Å². The van der Waals surface area contributed by atoms with E-state index < -0.39 is 0 Å². The number of hydrogen-bond donors (Lipinski definition) is 1. The molecule has 1 heterocycles. The molecule has 1 aliphatic rings. The summed E-state index contributed by atoms with van der Waals surface area (Å²) < 4.78 is 0. The molecule has 0 spiro atoms. The first-order valence-corrected chi connectivity index (χ1v) is 6.18. The van der Waals surface area contributed by atoms with Crippen LogP contribution in [0.2, 0.25) is 0 Å². The molecule has 88 valence electrons. The second-order valence-corrected chi connectivity index (χ2v) is 5.17. The highest BCUT2D eigenvalue weighted by Gasteiger charge is 2.20. The molecule has 0 bridgehead atoms. The SMILES string of the molecule is CC(N)Cc1cccc(C2CCN(C)C2)c1. The summed E-state index contributed by atoms with van der Waals surface area (Å²) in [5.41, 5.74) is 8.71. The summed E-state index contributed by atoms with van der Waals surface area (Å²) >= 11 is 0. The van der Waals surface area contributed by atoms with Gasteiger partial charge in [0.1, 0.15) is 0 Å². The number of nitrogens with two attached hydrogens (primary N) is 1. The monoisotopic (exact) mass is 218 g/mol. The second kappa shape index (κ2) is 4.98. The first-order chi connectivity index (χ1) is 7.65. The van der Waals surface area contributed by atoms with E-state index >= 15 is 0 Å². The Hall–Kier alpha value is -0.860. The Morgan fingerprint density at radius 1 is 1.50 bits per heavy atom. The number of benzene rings is 1. The molecule has 2 heteroatoms. The van der Waals surface area contributed by atoms with E-state index in [1.165, 1.54) is 30.6 Å². The molecule has 0 radical (unpaired) electrons. The van der Waals surface area contributed by atoms with E-state index in [0.29, 0.717) is 0 Å². The number of nitrogens with zero attached hydrogens (tertiary/aromatic N) is 1. The Morgan fingerprint density at radius 2 is 2.31 bits per heavy atom. The minimum atomic E-state index is 0.251. The lowest BCUT2D eigenvalue weighted by Gasteiger charge is -2.13. The van der Waals surface area contributed by atoms with Gasteiger partial charge in [0.25, 0.3) is 0 Å². The number of likely N-dealkylation sites (N-methyl/N-ethyl adjacent to an activating group) is 1. The lowest BCUT2D eigenvalue weighted by Crippen LogP contribution is -2.18. The summed E-state index contributed by atoms with van der Waals surface area (Å²) in [6.07, 6.45) is 2.27. The van der Waals surface area contributed by atoms with Gasteiger partial charge in [-0.3, -0.25) is 0 Å². The van der Waals surface area contributed by atoms with Crippen molar-refractivity contribution >= 4 is 0 Å². The van der Waals surface area contributed by atoms with Crippen molar-refractivity contribution in [2.24, 2.45) is 5.73 Å². The van der Waals surface area contributed by atoms with Gasteiger partial charge in [0.15, 0.2) is 0 Å². The van der Waals surface area contributed by atoms with Crippen molar-refractivity contribution in [1.82, 2.24) is 4.90 Å². The average Bonchev–Trinajstić information content (AvgIpc) is 2.64. The molecule has 0 aromatic heterocycles. The molecule has 1 fully saturated rings. The highest BCUT2D eigenvalue weighted by molar-refractivity contribution is 5.28. The number of hydrogen-bond acceptors (Lipinski definition) is 2. The van der Waals surface area contributed by atoms with E-state index in [-0.39, 0.29) is 6.04 Å². The summed E-state index contributed by atoms with van der Waals surface area (Å²) in [5, 5.41) is 0. The first-order valence-electron chi connectivity index (χ1n) is 6.18. The maximum Gasteiger partial charge on any atom is 0.00509 e. The van der Waals surface area contributed by atoms with E-state index in [4.69, 9.17) is 5.73 Å². The molecular formula is C14H22N2. The maximum absolute atomic E-state index is 5.84. The predicted molar refractivity (Wildman–Crippen MR) is 68.7 cm³/mol. The quantitative estimate of drug-likeness (QED) is 0.840. The minimum Gasteiger partial charge on any atom is -0.328 e. The van der Waals surface area contributed by atoms with Crippen molar-refractivity contribution in [3.63, 3.8) is 0 Å². The van der Waals surface area contributed by atoms with Crippen LogP contribution >= 0.6 is 0 Å². The summed E-state index contributed by atoms with van der Waals surface area (Å²) in [4.78, 5) is 2.41. The molecule has 2 N–H and O–H groups in total. The van der Waals surface area contributed by atoms with Crippen LogP contribution in [-0.2, 0) is 6.42 Å². The smallest absolute Gasteiger partial charge is 0.00509 e. The Labute approximate surface area is 98.4 Å². The van der Waals surface area contributed by atoms with Gasteiger partial charge in [-0.2, -0.15) is 0 Å². The van der Waals surface area contributed by atoms with Gasteiger partial charge in [0, 0.05) is 12.6 Å². The molecule has 1 saturated heterocycles. The third kappa shape index (κ3) is 2.83. The van der Waals surface area contributed by atoms with Crippen molar-refractivity contribution in [2.45, 2.75) is 31.7 Å². The lowest BCUT2D eigenvalue weighted by atomic mass is 9.95. The van der Waals surface area contributed by atoms with Crippen LogP contribution in [0.1, 0.15) is 30.4 Å². The zero-order valence-corrected chi connectivity index (χ0v) is 10.3. The predicted octanol–water partition coefficient (Wildman–Crippen LogP) is 2.00. The maximum atomic E-state index is 5.84. The van der Waals surface area contributed by atoms with E-state index in [2.05, 4.69) is 43.1 Å². The van der Waals surface area contributed by atoms with Gasteiger partial charge in [-0.05, 0) is 50.4 Å². The molecule has 2 unspecified atom stereocenters. The topological polar surface area (TPSA) is 29.3 Å². The molecule has 0 amide bonds. The molecule has 2 atom stereocenters. The summed E-state index contributed by atoms with van der Waals surface area (Å²) in [5.74, 6) is 0.720. The molecule has 0 aliphatic carbocycles. The fraction of sp³-hybridized carbons (Fsp3) is 0.571. The lowest BCUT2D eigenvalue weighted by molar-refractivity contribution is 0.411. The van der Waals surface area contributed by atoms with E-state index in [0.717, 1.165) is 12.3 Å². The van der Waals surface area contributed by atoms with Crippen molar-refractivity contribution in [3.05, 3.63) is 35.4 Å². The Bertz CT molecular complexity index is 346. The van der Waals surface area contributed by atoms with Gasteiger partial charge in [0.2, 0.25) is 0 Å². The van der Waals surface area contributed by atoms with Crippen LogP contribution in [0.3, 0.4) is 0 Å².